The molecular weight excluding hydrogens is 218 g/mol. The SMILES string of the molecule is NC1(C(=O)OCC2CCCCCC2)CCOC1. The average Bonchev–Trinajstić information content (AvgIpc) is 2.63. The maximum atomic E-state index is 11.9. The number of hydrogen-bond acceptors (Lipinski definition) is 4. The molecule has 0 aromatic rings. The van der Waals surface area contributed by atoms with E-state index in [9.17, 15) is 4.79 Å². The number of nitrogens with two attached hydrogens (primary N) is 1. The van der Waals surface area contributed by atoms with Crippen LogP contribution in [0.25, 0.3) is 0 Å². The lowest BCUT2D eigenvalue weighted by Gasteiger charge is -2.21. The van der Waals surface area contributed by atoms with Gasteiger partial charge in [-0.1, -0.05) is 25.7 Å². The van der Waals surface area contributed by atoms with Gasteiger partial charge in [-0.15, -0.1) is 0 Å². The van der Waals surface area contributed by atoms with Gasteiger partial charge in [0.1, 0.15) is 5.54 Å². The van der Waals surface area contributed by atoms with Crippen molar-refractivity contribution in [3.8, 4) is 0 Å². The molecule has 2 aliphatic rings. The van der Waals surface area contributed by atoms with Crippen LogP contribution >= 0.6 is 0 Å². The van der Waals surface area contributed by atoms with E-state index in [0.717, 1.165) is 0 Å². The molecule has 0 bridgehead atoms. The van der Waals surface area contributed by atoms with Crippen LogP contribution in [0.4, 0.5) is 0 Å². The number of carbonyl (C=O) groups is 1. The Morgan fingerprint density at radius 2 is 2.00 bits per heavy atom. The topological polar surface area (TPSA) is 61.6 Å². The van der Waals surface area contributed by atoms with Crippen LogP contribution in [0, 0.1) is 5.92 Å². The normalized spacial score (nSPS) is 31.1. The van der Waals surface area contributed by atoms with E-state index in [1.54, 1.807) is 0 Å². The predicted octanol–water partition coefficient (Wildman–Crippen LogP) is 1.62. The summed E-state index contributed by atoms with van der Waals surface area (Å²) in [4.78, 5) is 11.9. The fraction of sp³-hybridized carbons (Fsp3) is 0.923. The van der Waals surface area contributed by atoms with Crippen LogP contribution in [0.5, 0.6) is 0 Å². The van der Waals surface area contributed by atoms with Crippen molar-refractivity contribution < 1.29 is 14.3 Å². The molecule has 1 heterocycles. The fourth-order valence-corrected chi connectivity index (χ4v) is 2.61. The summed E-state index contributed by atoms with van der Waals surface area (Å²) in [6.45, 7) is 1.41. The molecule has 0 amide bonds. The molecule has 1 aliphatic heterocycles. The summed E-state index contributed by atoms with van der Waals surface area (Å²) < 4.78 is 10.5. The minimum absolute atomic E-state index is 0.278. The molecule has 2 rings (SSSR count). The lowest BCUT2D eigenvalue weighted by Crippen LogP contribution is -2.50. The van der Waals surface area contributed by atoms with Gasteiger partial charge in [0, 0.05) is 13.0 Å². The second kappa shape index (κ2) is 5.83. The number of rotatable bonds is 3. The molecule has 4 heteroatoms. The predicted molar refractivity (Wildman–Crippen MR) is 64.5 cm³/mol. The number of carbonyl (C=O) groups excluding carboxylic acids is 1. The third-order valence-corrected chi connectivity index (χ3v) is 3.88. The quantitative estimate of drug-likeness (QED) is 0.602. The lowest BCUT2D eigenvalue weighted by molar-refractivity contribution is -0.151. The van der Waals surface area contributed by atoms with Crippen molar-refractivity contribution in [2.45, 2.75) is 50.5 Å². The largest absolute Gasteiger partial charge is 0.464 e. The highest BCUT2D eigenvalue weighted by Crippen LogP contribution is 2.24. The Morgan fingerprint density at radius 3 is 2.59 bits per heavy atom. The fourth-order valence-electron chi connectivity index (χ4n) is 2.61. The minimum Gasteiger partial charge on any atom is -0.464 e. The first-order valence-corrected chi connectivity index (χ1v) is 6.74. The monoisotopic (exact) mass is 241 g/mol. The Bertz CT molecular complexity index is 253. The number of hydrogen-bond donors (Lipinski definition) is 1. The van der Waals surface area contributed by atoms with E-state index in [0.29, 0.717) is 32.2 Å². The Hall–Kier alpha value is -0.610. The highest BCUT2D eigenvalue weighted by atomic mass is 16.5. The molecule has 1 unspecified atom stereocenters. The Morgan fingerprint density at radius 1 is 1.29 bits per heavy atom. The van der Waals surface area contributed by atoms with E-state index in [1.165, 1.54) is 38.5 Å². The molecule has 17 heavy (non-hydrogen) atoms. The van der Waals surface area contributed by atoms with Crippen molar-refractivity contribution in [3.63, 3.8) is 0 Å². The van der Waals surface area contributed by atoms with Gasteiger partial charge in [-0.2, -0.15) is 0 Å². The van der Waals surface area contributed by atoms with Crippen LogP contribution in [0.1, 0.15) is 44.9 Å². The summed E-state index contributed by atoms with van der Waals surface area (Å²) in [6.07, 6.45) is 8.11. The molecule has 1 aliphatic carbocycles. The summed E-state index contributed by atoms with van der Waals surface area (Å²) in [5, 5.41) is 0. The summed E-state index contributed by atoms with van der Waals surface area (Å²) in [5.41, 5.74) is 5.07. The van der Waals surface area contributed by atoms with E-state index in [1.807, 2.05) is 0 Å². The molecule has 98 valence electrons. The minimum atomic E-state index is -0.884. The maximum Gasteiger partial charge on any atom is 0.328 e. The summed E-state index contributed by atoms with van der Waals surface area (Å²) in [7, 11) is 0. The van der Waals surface area contributed by atoms with Crippen LogP contribution in [0.15, 0.2) is 0 Å². The summed E-state index contributed by atoms with van der Waals surface area (Å²) in [5.74, 6) is 0.256. The molecule has 0 aromatic carbocycles. The first kappa shape index (κ1) is 12.8. The first-order chi connectivity index (χ1) is 8.21. The van der Waals surface area contributed by atoms with Crippen molar-refractivity contribution in [2.24, 2.45) is 11.7 Å². The second-order valence-corrected chi connectivity index (χ2v) is 5.41. The van der Waals surface area contributed by atoms with Gasteiger partial charge in [0.2, 0.25) is 0 Å². The zero-order valence-corrected chi connectivity index (χ0v) is 10.5. The van der Waals surface area contributed by atoms with E-state index < -0.39 is 5.54 Å². The van der Waals surface area contributed by atoms with Crippen molar-refractivity contribution in [1.29, 1.82) is 0 Å². The first-order valence-electron chi connectivity index (χ1n) is 6.74. The van der Waals surface area contributed by atoms with Crippen LogP contribution in [-0.2, 0) is 14.3 Å². The van der Waals surface area contributed by atoms with E-state index in [-0.39, 0.29) is 5.97 Å². The van der Waals surface area contributed by atoms with Crippen molar-refractivity contribution in [1.82, 2.24) is 0 Å². The van der Waals surface area contributed by atoms with Gasteiger partial charge in [0.05, 0.1) is 13.2 Å². The molecule has 0 aromatic heterocycles. The molecule has 1 saturated carbocycles. The van der Waals surface area contributed by atoms with Gasteiger partial charge in [-0.25, -0.2) is 4.79 Å². The molecule has 0 spiro atoms. The standard InChI is InChI=1S/C13H23NO3/c14-13(7-8-16-10-13)12(15)17-9-11-5-3-1-2-4-6-11/h11H,1-10,14H2. The van der Waals surface area contributed by atoms with E-state index in [4.69, 9.17) is 15.2 Å². The average molecular weight is 241 g/mol. The Labute approximate surface area is 103 Å². The number of esters is 1. The van der Waals surface area contributed by atoms with Crippen LogP contribution < -0.4 is 5.73 Å². The van der Waals surface area contributed by atoms with Gasteiger partial charge in [-0.05, 0) is 18.8 Å². The highest BCUT2D eigenvalue weighted by Gasteiger charge is 2.40. The Balaban J connectivity index is 1.75. The van der Waals surface area contributed by atoms with Crippen molar-refractivity contribution >= 4 is 5.97 Å². The van der Waals surface area contributed by atoms with Gasteiger partial charge >= 0.3 is 5.97 Å². The highest BCUT2D eigenvalue weighted by molar-refractivity contribution is 5.81. The third kappa shape index (κ3) is 3.42. The van der Waals surface area contributed by atoms with E-state index in [2.05, 4.69) is 0 Å². The van der Waals surface area contributed by atoms with Crippen LogP contribution in [0.2, 0.25) is 0 Å². The van der Waals surface area contributed by atoms with Crippen molar-refractivity contribution in [2.75, 3.05) is 19.8 Å². The van der Waals surface area contributed by atoms with Crippen LogP contribution in [-0.4, -0.2) is 31.3 Å². The summed E-state index contributed by atoms with van der Waals surface area (Å²) >= 11 is 0. The molecule has 0 radical (unpaired) electrons. The van der Waals surface area contributed by atoms with Gasteiger partial charge in [0.15, 0.2) is 0 Å². The molecule has 1 atom stereocenters. The summed E-state index contributed by atoms with van der Waals surface area (Å²) in [6, 6.07) is 0. The second-order valence-electron chi connectivity index (χ2n) is 5.41. The number of ether oxygens (including phenoxy) is 2. The zero-order chi connectivity index (χ0) is 12.1. The molecule has 2 fully saturated rings. The third-order valence-electron chi connectivity index (χ3n) is 3.88. The molecular formula is C13H23NO3. The van der Waals surface area contributed by atoms with Gasteiger partial charge in [-0.3, -0.25) is 0 Å². The zero-order valence-electron chi connectivity index (χ0n) is 10.5. The van der Waals surface area contributed by atoms with Gasteiger partial charge in [0.25, 0.3) is 0 Å². The molecule has 4 nitrogen and oxygen atoms in total. The Kier molecular flexibility index (Phi) is 4.40. The molecule has 2 N–H and O–H groups in total. The van der Waals surface area contributed by atoms with Crippen molar-refractivity contribution in [3.05, 3.63) is 0 Å². The maximum absolute atomic E-state index is 11.9. The molecule has 1 saturated heterocycles. The van der Waals surface area contributed by atoms with Crippen LogP contribution in [0.3, 0.4) is 0 Å². The lowest BCUT2D eigenvalue weighted by atomic mass is 9.99. The van der Waals surface area contributed by atoms with Gasteiger partial charge < -0.3 is 15.2 Å². The van der Waals surface area contributed by atoms with E-state index >= 15 is 0 Å². The smallest absolute Gasteiger partial charge is 0.328 e.